The fraction of sp³-hybridized carbons (Fsp3) is 0.0833. The first kappa shape index (κ1) is 18.5. The monoisotopic (exact) mass is 383 g/mol. The number of aromatic nitrogens is 2. The molecule has 0 amide bonds. The van der Waals surface area contributed by atoms with Gasteiger partial charge in [0.1, 0.15) is 30.1 Å². The molecule has 0 saturated carbocycles. The van der Waals surface area contributed by atoms with Crippen LogP contribution in [0.5, 0.6) is 5.75 Å². The van der Waals surface area contributed by atoms with E-state index < -0.39 is 0 Å². The fourth-order valence-corrected chi connectivity index (χ4v) is 3.02. The van der Waals surface area contributed by atoms with Gasteiger partial charge in [-0.05, 0) is 66.1 Å². The van der Waals surface area contributed by atoms with Crippen molar-refractivity contribution in [2.45, 2.75) is 13.5 Å². The molecule has 4 rings (SSSR count). The molecule has 0 aliphatic carbocycles. The van der Waals surface area contributed by atoms with E-state index in [-0.39, 0.29) is 12.4 Å². The topological polar surface area (TPSA) is 61.7 Å². The molecule has 4 nitrogen and oxygen atoms in total. The van der Waals surface area contributed by atoms with E-state index in [0.717, 1.165) is 27.7 Å². The number of aromatic amines is 1. The van der Waals surface area contributed by atoms with Gasteiger partial charge in [0.15, 0.2) is 0 Å². The largest absolute Gasteiger partial charge is 0.489 e. The van der Waals surface area contributed by atoms with Gasteiger partial charge >= 0.3 is 0 Å². The van der Waals surface area contributed by atoms with E-state index in [4.69, 9.17) is 4.74 Å². The molecule has 0 fully saturated rings. The molecule has 0 saturated heterocycles. The molecule has 142 valence electrons. The number of nitrogens with one attached hydrogen (secondary N) is 1. The summed E-state index contributed by atoms with van der Waals surface area (Å²) in [5, 5.41) is 9.57. The highest BCUT2D eigenvalue weighted by molar-refractivity contribution is 5.90. The van der Waals surface area contributed by atoms with Crippen molar-refractivity contribution in [1.82, 2.24) is 9.97 Å². The molecule has 3 aromatic carbocycles. The molecule has 0 atom stereocenters. The molecule has 1 heterocycles. The average Bonchev–Trinajstić information content (AvgIpc) is 3.14. The van der Waals surface area contributed by atoms with Crippen LogP contribution in [0, 0.1) is 24.1 Å². The maximum absolute atomic E-state index is 13.2. The predicted octanol–water partition coefficient (Wildman–Crippen LogP) is 5.65. The van der Waals surface area contributed by atoms with E-state index in [1.54, 1.807) is 12.1 Å². The Kier molecular flexibility index (Phi) is 5.08. The molecule has 0 aliphatic heterocycles. The number of H-pyrrole nitrogens is 1. The number of hydrogen-bond donors (Lipinski definition) is 1. The summed E-state index contributed by atoms with van der Waals surface area (Å²) in [4.78, 5) is 7.71. The van der Waals surface area contributed by atoms with Crippen molar-refractivity contribution < 1.29 is 9.13 Å². The van der Waals surface area contributed by atoms with Crippen LogP contribution < -0.4 is 4.74 Å². The molecule has 5 heteroatoms. The Morgan fingerprint density at radius 1 is 1.14 bits per heavy atom. The van der Waals surface area contributed by atoms with E-state index in [9.17, 15) is 9.65 Å². The molecule has 0 spiro atoms. The Labute approximate surface area is 167 Å². The minimum Gasteiger partial charge on any atom is -0.489 e. The summed E-state index contributed by atoms with van der Waals surface area (Å²) in [5.74, 6) is 0.931. The van der Waals surface area contributed by atoms with Crippen LogP contribution >= 0.6 is 0 Å². The number of fused-ring (bicyclic) bond motifs is 1. The van der Waals surface area contributed by atoms with Crippen LogP contribution in [0.1, 0.15) is 22.5 Å². The van der Waals surface area contributed by atoms with Gasteiger partial charge in [-0.3, -0.25) is 0 Å². The van der Waals surface area contributed by atoms with Crippen LogP contribution in [-0.2, 0) is 6.61 Å². The number of imidazole rings is 1. The SMILES string of the molecule is Cc1ccc2nc(/C(C#N)=C\c3ccc(OCc4cccc(F)c4)cc3)[nH]c2c1. The number of nitrogens with zero attached hydrogens (tertiary/aromatic N) is 2. The van der Waals surface area contributed by atoms with Crippen LogP contribution in [0.15, 0.2) is 66.7 Å². The van der Waals surface area contributed by atoms with Gasteiger partial charge in [-0.15, -0.1) is 0 Å². The van der Waals surface area contributed by atoms with E-state index in [0.29, 0.717) is 17.1 Å². The van der Waals surface area contributed by atoms with Crippen LogP contribution in [0.4, 0.5) is 4.39 Å². The third kappa shape index (κ3) is 4.33. The molecule has 0 bridgehead atoms. The van der Waals surface area contributed by atoms with E-state index in [2.05, 4.69) is 16.0 Å². The van der Waals surface area contributed by atoms with Gasteiger partial charge in [0.05, 0.1) is 16.6 Å². The van der Waals surface area contributed by atoms with Crippen molar-refractivity contribution in [1.29, 1.82) is 5.26 Å². The summed E-state index contributed by atoms with van der Waals surface area (Å²) < 4.78 is 18.9. The second kappa shape index (κ2) is 7.99. The number of ether oxygens (including phenoxy) is 1. The van der Waals surface area contributed by atoms with Crippen LogP contribution in [0.25, 0.3) is 22.7 Å². The van der Waals surface area contributed by atoms with E-state index in [1.165, 1.54) is 12.1 Å². The third-order valence-electron chi connectivity index (χ3n) is 4.50. The van der Waals surface area contributed by atoms with Gasteiger partial charge in [-0.1, -0.05) is 30.3 Å². The Hall–Kier alpha value is -3.91. The van der Waals surface area contributed by atoms with Crippen molar-refractivity contribution in [3.8, 4) is 11.8 Å². The van der Waals surface area contributed by atoms with Crippen LogP contribution in [0.3, 0.4) is 0 Å². The Morgan fingerprint density at radius 2 is 1.97 bits per heavy atom. The standard InChI is InChI=1S/C24H18FN3O/c1-16-5-10-22-23(11-16)28-24(27-22)19(14-26)12-17-6-8-21(9-7-17)29-15-18-3-2-4-20(25)13-18/h2-13H,15H2,1H3,(H,27,28)/b19-12-. The minimum absolute atomic E-state index is 0.281. The number of hydrogen-bond acceptors (Lipinski definition) is 3. The molecular weight excluding hydrogens is 365 g/mol. The molecule has 0 aliphatic rings. The van der Waals surface area contributed by atoms with Crippen molar-refractivity contribution >= 4 is 22.7 Å². The molecule has 0 unspecified atom stereocenters. The lowest BCUT2D eigenvalue weighted by molar-refractivity contribution is 0.305. The number of aryl methyl sites for hydroxylation is 1. The number of rotatable bonds is 5. The van der Waals surface area contributed by atoms with Gasteiger partial charge in [0.25, 0.3) is 0 Å². The Balaban J connectivity index is 1.51. The summed E-state index contributed by atoms with van der Waals surface area (Å²) >= 11 is 0. The molecule has 1 N–H and O–H groups in total. The van der Waals surface area contributed by atoms with Gasteiger partial charge in [0, 0.05) is 0 Å². The number of halogens is 1. The van der Waals surface area contributed by atoms with Crippen molar-refractivity contribution in [3.63, 3.8) is 0 Å². The zero-order valence-corrected chi connectivity index (χ0v) is 15.8. The van der Waals surface area contributed by atoms with Gasteiger partial charge < -0.3 is 9.72 Å². The molecule has 1 aromatic heterocycles. The average molecular weight is 383 g/mol. The lowest BCUT2D eigenvalue weighted by atomic mass is 10.1. The zero-order chi connectivity index (χ0) is 20.2. The summed E-state index contributed by atoms with van der Waals surface area (Å²) in [6.45, 7) is 2.30. The normalized spacial score (nSPS) is 11.4. The lowest BCUT2D eigenvalue weighted by Crippen LogP contribution is -1.95. The number of nitriles is 1. The summed E-state index contributed by atoms with van der Waals surface area (Å²) in [6.07, 6.45) is 1.78. The molecule has 4 aromatic rings. The second-order valence-corrected chi connectivity index (χ2v) is 6.76. The maximum atomic E-state index is 13.2. The van der Waals surface area contributed by atoms with Crippen LogP contribution in [0.2, 0.25) is 0 Å². The van der Waals surface area contributed by atoms with Gasteiger partial charge in [-0.25, -0.2) is 9.37 Å². The quantitative estimate of drug-likeness (QED) is 0.453. The summed E-state index contributed by atoms with van der Waals surface area (Å²) in [5.41, 5.74) is 4.93. The van der Waals surface area contributed by atoms with Crippen molar-refractivity contribution in [2.24, 2.45) is 0 Å². The summed E-state index contributed by atoms with van der Waals surface area (Å²) in [7, 11) is 0. The minimum atomic E-state index is -0.281. The smallest absolute Gasteiger partial charge is 0.149 e. The Morgan fingerprint density at radius 3 is 2.72 bits per heavy atom. The number of benzene rings is 3. The molecular formula is C24H18FN3O. The Bertz CT molecular complexity index is 1230. The first-order valence-electron chi connectivity index (χ1n) is 9.16. The number of allylic oxidation sites excluding steroid dienone is 1. The van der Waals surface area contributed by atoms with Gasteiger partial charge in [-0.2, -0.15) is 5.26 Å². The van der Waals surface area contributed by atoms with Crippen molar-refractivity contribution in [3.05, 3.63) is 95.1 Å². The second-order valence-electron chi connectivity index (χ2n) is 6.76. The fourth-order valence-electron chi connectivity index (χ4n) is 3.02. The predicted molar refractivity (Wildman–Crippen MR) is 111 cm³/mol. The van der Waals surface area contributed by atoms with Crippen molar-refractivity contribution in [2.75, 3.05) is 0 Å². The molecule has 0 radical (unpaired) electrons. The van der Waals surface area contributed by atoms with E-state index in [1.807, 2.05) is 55.5 Å². The highest BCUT2D eigenvalue weighted by Crippen LogP contribution is 2.21. The first-order chi connectivity index (χ1) is 14.1. The summed E-state index contributed by atoms with van der Waals surface area (Å²) in [6, 6.07) is 21.8. The first-order valence-corrected chi connectivity index (χ1v) is 9.16. The highest BCUT2D eigenvalue weighted by Gasteiger charge is 2.08. The third-order valence-corrected chi connectivity index (χ3v) is 4.50. The maximum Gasteiger partial charge on any atom is 0.149 e. The zero-order valence-electron chi connectivity index (χ0n) is 15.8. The van der Waals surface area contributed by atoms with Crippen LogP contribution in [-0.4, -0.2) is 9.97 Å². The van der Waals surface area contributed by atoms with E-state index >= 15 is 0 Å². The highest BCUT2D eigenvalue weighted by atomic mass is 19.1. The lowest BCUT2D eigenvalue weighted by Gasteiger charge is -2.06. The molecule has 29 heavy (non-hydrogen) atoms. The van der Waals surface area contributed by atoms with Gasteiger partial charge in [0.2, 0.25) is 0 Å².